The van der Waals surface area contributed by atoms with E-state index in [1.54, 1.807) is 72.8 Å². The molecule has 1 aliphatic heterocycles. The molecule has 0 saturated heterocycles. The molecule has 0 fully saturated rings. The van der Waals surface area contributed by atoms with Gasteiger partial charge in [0.15, 0.2) is 22.9 Å². The minimum atomic E-state index is -0.927. The van der Waals surface area contributed by atoms with Crippen molar-refractivity contribution in [3.8, 4) is 5.75 Å². The summed E-state index contributed by atoms with van der Waals surface area (Å²) >= 11 is 0. The molecule has 0 radical (unpaired) electrons. The third kappa shape index (κ3) is 4.30. The standard InChI is InChI=1S/C30H25NO7/c1-3-16-37-30(35)19-12-14-21(15-13-19)31-25(18-8-5-4-6-9-18)24(27(33)29(31)34)26(32)23-17-20-10-7-11-22(36-2)28(20)38-23/h4-15,17,25,33H,3,16H2,1-2H3. The van der Waals surface area contributed by atoms with Crippen molar-refractivity contribution in [1.82, 2.24) is 0 Å². The Morgan fingerprint density at radius 2 is 1.74 bits per heavy atom. The molecule has 1 amide bonds. The largest absolute Gasteiger partial charge is 0.503 e. The lowest BCUT2D eigenvalue weighted by molar-refractivity contribution is -0.117. The molecule has 1 aromatic heterocycles. The van der Waals surface area contributed by atoms with Gasteiger partial charge in [-0.3, -0.25) is 14.5 Å². The Bertz CT molecular complexity index is 1550. The van der Waals surface area contributed by atoms with Crippen LogP contribution in [0.5, 0.6) is 5.75 Å². The fraction of sp³-hybridized carbons (Fsp3) is 0.167. The summed E-state index contributed by atoms with van der Waals surface area (Å²) in [6.45, 7) is 2.21. The third-order valence-corrected chi connectivity index (χ3v) is 6.34. The predicted molar refractivity (Wildman–Crippen MR) is 140 cm³/mol. The number of ketones is 1. The second kappa shape index (κ2) is 10.3. The van der Waals surface area contributed by atoms with Gasteiger partial charge in [-0.2, -0.15) is 0 Å². The van der Waals surface area contributed by atoms with Crippen LogP contribution in [0.4, 0.5) is 5.69 Å². The van der Waals surface area contributed by atoms with Gasteiger partial charge in [0, 0.05) is 11.1 Å². The minimum Gasteiger partial charge on any atom is -0.503 e. The zero-order chi connectivity index (χ0) is 26.8. The maximum atomic E-state index is 13.8. The van der Waals surface area contributed by atoms with Crippen molar-refractivity contribution in [1.29, 1.82) is 0 Å². The van der Waals surface area contributed by atoms with Crippen LogP contribution in [0.1, 0.15) is 45.9 Å². The normalized spacial score (nSPS) is 15.3. The van der Waals surface area contributed by atoms with Crippen molar-refractivity contribution in [2.45, 2.75) is 19.4 Å². The summed E-state index contributed by atoms with van der Waals surface area (Å²) in [5.41, 5.74) is 1.63. The molecule has 1 unspecified atom stereocenters. The number of nitrogens with zero attached hydrogens (tertiary/aromatic N) is 1. The fourth-order valence-electron chi connectivity index (χ4n) is 4.53. The average molecular weight is 512 g/mol. The van der Waals surface area contributed by atoms with Crippen LogP contribution in [0.3, 0.4) is 0 Å². The number of Topliss-reactive ketones (excluding diaryl/α,β-unsaturated/α-hetero) is 1. The number of rotatable bonds is 8. The first kappa shape index (κ1) is 24.8. The predicted octanol–water partition coefficient (Wildman–Crippen LogP) is 5.79. The maximum Gasteiger partial charge on any atom is 0.338 e. The summed E-state index contributed by atoms with van der Waals surface area (Å²) in [5.74, 6) is -2.07. The van der Waals surface area contributed by atoms with Gasteiger partial charge < -0.3 is 19.0 Å². The van der Waals surface area contributed by atoms with Gasteiger partial charge in [-0.25, -0.2) is 4.79 Å². The number of para-hydroxylation sites is 1. The summed E-state index contributed by atoms with van der Waals surface area (Å²) in [4.78, 5) is 40.8. The quantitative estimate of drug-likeness (QED) is 0.236. The van der Waals surface area contributed by atoms with E-state index in [4.69, 9.17) is 13.9 Å². The topological polar surface area (TPSA) is 106 Å². The summed E-state index contributed by atoms with van der Waals surface area (Å²) < 4.78 is 16.4. The molecular formula is C30H25NO7. The molecule has 8 nitrogen and oxygen atoms in total. The van der Waals surface area contributed by atoms with Gasteiger partial charge in [0.2, 0.25) is 5.78 Å². The zero-order valence-corrected chi connectivity index (χ0v) is 20.8. The molecule has 3 aromatic carbocycles. The summed E-state index contributed by atoms with van der Waals surface area (Å²) in [6.07, 6.45) is 0.699. The molecule has 1 aliphatic rings. The Balaban J connectivity index is 1.56. The minimum absolute atomic E-state index is 0.0318. The lowest BCUT2D eigenvalue weighted by Gasteiger charge is -2.27. The van der Waals surface area contributed by atoms with Crippen LogP contribution in [0.25, 0.3) is 11.0 Å². The fourth-order valence-corrected chi connectivity index (χ4v) is 4.53. The number of amides is 1. The Kier molecular flexibility index (Phi) is 6.70. The molecule has 38 heavy (non-hydrogen) atoms. The van der Waals surface area contributed by atoms with Gasteiger partial charge >= 0.3 is 5.97 Å². The van der Waals surface area contributed by atoms with Crippen LogP contribution in [0.15, 0.2) is 94.6 Å². The summed E-state index contributed by atoms with van der Waals surface area (Å²) in [7, 11) is 1.50. The van der Waals surface area contributed by atoms with Crippen molar-refractivity contribution < 1.29 is 33.4 Å². The molecule has 5 rings (SSSR count). The van der Waals surface area contributed by atoms with Crippen LogP contribution < -0.4 is 9.64 Å². The molecule has 0 saturated carbocycles. The van der Waals surface area contributed by atoms with Crippen LogP contribution in [0, 0.1) is 0 Å². The first-order chi connectivity index (χ1) is 18.4. The highest BCUT2D eigenvalue weighted by atomic mass is 16.5. The summed E-state index contributed by atoms with van der Waals surface area (Å²) in [5, 5.41) is 11.6. The van der Waals surface area contributed by atoms with E-state index >= 15 is 0 Å². The number of ether oxygens (including phenoxy) is 2. The molecule has 0 spiro atoms. The number of hydrogen-bond acceptors (Lipinski definition) is 7. The number of hydrogen-bond donors (Lipinski definition) is 1. The molecule has 0 aliphatic carbocycles. The van der Waals surface area contributed by atoms with Crippen molar-refractivity contribution >= 4 is 34.3 Å². The van der Waals surface area contributed by atoms with E-state index in [0.29, 0.717) is 46.6 Å². The van der Waals surface area contributed by atoms with Crippen molar-refractivity contribution in [3.05, 3.63) is 107 Å². The Hall–Kier alpha value is -4.85. The molecule has 2 heterocycles. The SMILES string of the molecule is CCCOC(=O)c1ccc(N2C(=O)C(O)=C(C(=O)c3cc4cccc(OC)c4o3)C2c2ccccc2)cc1. The smallest absolute Gasteiger partial charge is 0.338 e. The number of aliphatic hydroxyl groups excluding tert-OH is 1. The third-order valence-electron chi connectivity index (χ3n) is 6.34. The van der Waals surface area contributed by atoms with E-state index < -0.39 is 29.5 Å². The second-order valence-electron chi connectivity index (χ2n) is 8.75. The monoisotopic (exact) mass is 511 g/mol. The average Bonchev–Trinajstić information content (AvgIpc) is 3.51. The molecule has 8 heteroatoms. The van der Waals surface area contributed by atoms with Gasteiger partial charge in [-0.1, -0.05) is 49.4 Å². The van der Waals surface area contributed by atoms with E-state index in [0.717, 1.165) is 0 Å². The lowest BCUT2D eigenvalue weighted by atomic mass is 9.94. The molecule has 0 bridgehead atoms. The highest BCUT2D eigenvalue weighted by Crippen LogP contribution is 2.42. The zero-order valence-electron chi connectivity index (χ0n) is 20.8. The number of anilines is 1. The van der Waals surface area contributed by atoms with Crippen molar-refractivity contribution in [2.24, 2.45) is 0 Å². The van der Waals surface area contributed by atoms with Gasteiger partial charge in [0.1, 0.15) is 0 Å². The van der Waals surface area contributed by atoms with E-state index in [1.807, 2.05) is 13.0 Å². The number of carbonyl (C=O) groups is 3. The number of carbonyl (C=O) groups excluding carboxylic acids is 3. The number of aliphatic hydroxyl groups is 1. The lowest BCUT2D eigenvalue weighted by Crippen LogP contribution is -2.31. The Morgan fingerprint density at radius 1 is 1.00 bits per heavy atom. The van der Waals surface area contributed by atoms with E-state index in [1.165, 1.54) is 12.0 Å². The van der Waals surface area contributed by atoms with Crippen LogP contribution in [-0.4, -0.2) is 36.5 Å². The van der Waals surface area contributed by atoms with E-state index in [2.05, 4.69) is 0 Å². The molecule has 1 N–H and O–H groups in total. The van der Waals surface area contributed by atoms with E-state index in [-0.39, 0.29) is 11.3 Å². The number of methoxy groups -OCH3 is 1. The van der Waals surface area contributed by atoms with Gasteiger partial charge in [-0.15, -0.1) is 0 Å². The highest BCUT2D eigenvalue weighted by molar-refractivity contribution is 6.20. The van der Waals surface area contributed by atoms with Crippen LogP contribution >= 0.6 is 0 Å². The Labute approximate surface area is 218 Å². The number of furan rings is 1. The first-order valence-electron chi connectivity index (χ1n) is 12.1. The van der Waals surface area contributed by atoms with Gasteiger partial charge in [0.25, 0.3) is 5.91 Å². The molecule has 1 atom stereocenters. The number of benzene rings is 3. The van der Waals surface area contributed by atoms with Crippen LogP contribution in [0.2, 0.25) is 0 Å². The first-order valence-corrected chi connectivity index (χ1v) is 12.1. The molecule has 192 valence electrons. The van der Waals surface area contributed by atoms with Crippen LogP contribution in [-0.2, 0) is 9.53 Å². The molecular weight excluding hydrogens is 486 g/mol. The van der Waals surface area contributed by atoms with E-state index in [9.17, 15) is 19.5 Å². The Morgan fingerprint density at radius 3 is 2.42 bits per heavy atom. The number of esters is 1. The van der Waals surface area contributed by atoms with Crippen molar-refractivity contribution in [3.63, 3.8) is 0 Å². The van der Waals surface area contributed by atoms with Crippen molar-refractivity contribution in [2.75, 3.05) is 18.6 Å². The number of fused-ring (bicyclic) bond motifs is 1. The highest BCUT2D eigenvalue weighted by Gasteiger charge is 2.45. The van der Waals surface area contributed by atoms with Gasteiger partial charge in [-0.05, 0) is 48.4 Å². The maximum absolute atomic E-state index is 13.8. The second-order valence-corrected chi connectivity index (χ2v) is 8.75. The summed E-state index contributed by atoms with van der Waals surface area (Å²) in [6, 6.07) is 21.1. The van der Waals surface area contributed by atoms with Gasteiger partial charge in [0.05, 0.1) is 30.9 Å². The molecule has 4 aromatic rings.